The number of nitrogens with two attached hydrogens (primary N) is 1. The average Bonchev–Trinajstić information content (AvgIpc) is 2.82. The third kappa shape index (κ3) is 2.72. The lowest BCUT2D eigenvalue weighted by molar-refractivity contribution is 0.0523. The molecule has 5 heteroatoms. The fraction of sp³-hybridized carbons (Fsp3) is 0.500. The van der Waals surface area contributed by atoms with Crippen LogP contribution in [-0.4, -0.2) is 36.5 Å². The Balaban J connectivity index is 2.26. The smallest absolute Gasteiger partial charge is 0.338 e. The summed E-state index contributed by atoms with van der Waals surface area (Å²) in [7, 11) is 0. The summed E-state index contributed by atoms with van der Waals surface area (Å²) in [4.78, 5) is 13.6. The molecule has 0 amide bonds. The van der Waals surface area contributed by atoms with Crippen molar-refractivity contribution in [2.75, 3.05) is 24.6 Å². The van der Waals surface area contributed by atoms with Gasteiger partial charge in [0.15, 0.2) is 0 Å². The van der Waals surface area contributed by atoms with Crippen LogP contribution in [0.3, 0.4) is 0 Å². The molecule has 3 N–H and O–H groups in total. The molecule has 1 aliphatic heterocycles. The first-order chi connectivity index (χ1) is 9.10. The second-order valence-corrected chi connectivity index (χ2v) is 4.71. The molecular weight excluding hydrogens is 244 g/mol. The lowest BCUT2D eigenvalue weighted by Crippen LogP contribution is -2.49. The summed E-state index contributed by atoms with van der Waals surface area (Å²) in [6, 6.07) is 7.11. The summed E-state index contributed by atoms with van der Waals surface area (Å²) >= 11 is 0. The van der Waals surface area contributed by atoms with Gasteiger partial charge in [-0.3, -0.25) is 0 Å². The Morgan fingerprint density at radius 3 is 3.05 bits per heavy atom. The molecule has 1 heterocycles. The number of esters is 1. The molecule has 2 rings (SSSR count). The monoisotopic (exact) mass is 264 g/mol. The van der Waals surface area contributed by atoms with Crippen molar-refractivity contribution in [3.63, 3.8) is 0 Å². The normalized spacial score (nSPS) is 22.6. The highest BCUT2D eigenvalue weighted by atomic mass is 16.5. The number of anilines is 1. The minimum Gasteiger partial charge on any atom is -0.462 e. The number of hydrogen-bond acceptors (Lipinski definition) is 5. The van der Waals surface area contributed by atoms with Crippen molar-refractivity contribution in [1.29, 1.82) is 0 Å². The molecule has 1 aliphatic rings. The number of rotatable bonds is 4. The summed E-state index contributed by atoms with van der Waals surface area (Å²) in [5, 5.41) is 10.4. The number of ether oxygens (including phenoxy) is 1. The number of aliphatic hydroxyl groups is 1. The van der Waals surface area contributed by atoms with Crippen LogP contribution in [0.25, 0.3) is 0 Å². The highest BCUT2D eigenvalue weighted by Gasteiger charge is 2.37. The first-order valence-electron chi connectivity index (χ1n) is 6.58. The quantitative estimate of drug-likeness (QED) is 0.797. The van der Waals surface area contributed by atoms with Gasteiger partial charge in [0, 0.05) is 18.8 Å². The van der Waals surface area contributed by atoms with E-state index in [0.29, 0.717) is 18.6 Å². The molecule has 0 unspecified atom stereocenters. The zero-order chi connectivity index (χ0) is 13.9. The molecule has 104 valence electrons. The molecule has 0 aromatic heterocycles. The van der Waals surface area contributed by atoms with Crippen molar-refractivity contribution in [3.8, 4) is 0 Å². The molecule has 0 bridgehead atoms. The van der Waals surface area contributed by atoms with Crippen LogP contribution < -0.4 is 10.6 Å². The third-order valence-corrected chi connectivity index (χ3v) is 3.46. The second-order valence-electron chi connectivity index (χ2n) is 4.71. The largest absolute Gasteiger partial charge is 0.462 e. The number of hydrogen-bond donors (Lipinski definition) is 2. The van der Waals surface area contributed by atoms with Gasteiger partial charge >= 0.3 is 5.97 Å². The zero-order valence-corrected chi connectivity index (χ0v) is 11.1. The Hall–Kier alpha value is -1.59. The Bertz CT molecular complexity index is 464. The van der Waals surface area contributed by atoms with Crippen molar-refractivity contribution in [1.82, 2.24) is 0 Å². The minimum absolute atomic E-state index is 0.177. The van der Waals surface area contributed by atoms with Gasteiger partial charge in [-0.05, 0) is 38.0 Å². The van der Waals surface area contributed by atoms with Crippen LogP contribution in [0.2, 0.25) is 0 Å². The lowest BCUT2D eigenvalue weighted by atomic mass is 10.1. The standard InChI is InChI=1S/C14H20N2O3/c1-2-19-13(17)11-5-3-6-12(9-11)16-8-4-7-14(16,18)10-15/h3,5-6,9,18H,2,4,7-8,10,15H2,1H3/t14-/m0/s1. The van der Waals surface area contributed by atoms with Crippen LogP contribution >= 0.6 is 0 Å². The van der Waals surface area contributed by atoms with E-state index < -0.39 is 5.72 Å². The topological polar surface area (TPSA) is 75.8 Å². The van der Waals surface area contributed by atoms with Crippen molar-refractivity contribution in [3.05, 3.63) is 29.8 Å². The summed E-state index contributed by atoms with van der Waals surface area (Å²) in [6.45, 7) is 3.03. The third-order valence-electron chi connectivity index (χ3n) is 3.46. The molecule has 1 fully saturated rings. The molecule has 1 saturated heterocycles. The molecular formula is C14H20N2O3. The molecule has 1 atom stereocenters. The SMILES string of the molecule is CCOC(=O)c1cccc(N2CCC[C@]2(O)CN)c1. The molecule has 1 aromatic carbocycles. The molecule has 1 aromatic rings. The van der Waals surface area contributed by atoms with E-state index in [0.717, 1.165) is 18.7 Å². The summed E-state index contributed by atoms with van der Waals surface area (Å²) in [5.74, 6) is -0.347. The summed E-state index contributed by atoms with van der Waals surface area (Å²) in [6.07, 6.45) is 1.53. The van der Waals surface area contributed by atoms with Crippen LogP contribution in [0.15, 0.2) is 24.3 Å². The van der Waals surface area contributed by atoms with Crippen LogP contribution in [0.1, 0.15) is 30.1 Å². The zero-order valence-electron chi connectivity index (χ0n) is 11.1. The summed E-state index contributed by atoms with van der Waals surface area (Å²) < 4.78 is 4.98. The maximum Gasteiger partial charge on any atom is 0.338 e. The molecule has 0 aliphatic carbocycles. The fourth-order valence-corrected chi connectivity index (χ4v) is 2.46. The van der Waals surface area contributed by atoms with Gasteiger partial charge in [0.2, 0.25) is 0 Å². The van der Waals surface area contributed by atoms with Gasteiger partial charge in [-0.2, -0.15) is 0 Å². The van der Waals surface area contributed by atoms with Gasteiger partial charge in [-0.25, -0.2) is 4.79 Å². The van der Waals surface area contributed by atoms with E-state index in [9.17, 15) is 9.90 Å². The van der Waals surface area contributed by atoms with Crippen LogP contribution in [0.5, 0.6) is 0 Å². The Morgan fingerprint density at radius 1 is 1.58 bits per heavy atom. The summed E-state index contributed by atoms with van der Waals surface area (Å²) in [5.41, 5.74) is 5.94. The van der Waals surface area contributed by atoms with Crippen LogP contribution in [0.4, 0.5) is 5.69 Å². The van der Waals surface area contributed by atoms with Crippen LogP contribution in [-0.2, 0) is 4.74 Å². The van der Waals surface area contributed by atoms with E-state index in [4.69, 9.17) is 10.5 Å². The molecule has 19 heavy (non-hydrogen) atoms. The van der Waals surface area contributed by atoms with Gasteiger partial charge in [0.25, 0.3) is 0 Å². The minimum atomic E-state index is -1.01. The molecule has 5 nitrogen and oxygen atoms in total. The highest BCUT2D eigenvalue weighted by Crippen LogP contribution is 2.32. The van der Waals surface area contributed by atoms with Crippen molar-refractivity contribution in [2.45, 2.75) is 25.5 Å². The van der Waals surface area contributed by atoms with Gasteiger partial charge in [-0.1, -0.05) is 6.07 Å². The predicted octanol–water partition coefficient (Wildman–Crippen LogP) is 1.11. The number of carbonyl (C=O) groups is 1. The van der Waals surface area contributed by atoms with E-state index >= 15 is 0 Å². The van der Waals surface area contributed by atoms with Crippen molar-refractivity contribution in [2.24, 2.45) is 5.73 Å². The molecule has 0 saturated carbocycles. The highest BCUT2D eigenvalue weighted by molar-refractivity contribution is 5.90. The van der Waals surface area contributed by atoms with E-state index in [2.05, 4.69) is 0 Å². The maximum atomic E-state index is 11.7. The fourth-order valence-electron chi connectivity index (χ4n) is 2.46. The molecule has 0 spiro atoms. The second kappa shape index (κ2) is 5.59. The van der Waals surface area contributed by atoms with Crippen LogP contribution in [0, 0.1) is 0 Å². The number of benzene rings is 1. The van der Waals surface area contributed by atoms with Gasteiger partial charge in [0.1, 0.15) is 5.72 Å². The van der Waals surface area contributed by atoms with E-state index in [-0.39, 0.29) is 12.5 Å². The lowest BCUT2D eigenvalue weighted by Gasteiger charge is -2.34. The average molecular weight is 264 g/mol. The number of carbonyl (C=O) groups excluding carboxylic acids is 1. The van der Waals surface area contributed by atoms with E-state index in [1.54, 1.807) is 25.1 Å². The van der Waals surface area contributed by atoms with Gasteiger partial charge in [-0.15, -0.1) is 0 Å². The first-order valence-corrected chi connectivity index (χ1v) is 6.58. The van der Waals surface area contributed by atoms with Gasteiger partial charge in [0.05, 0.1) is 12.2 Å². The predicted molar refractivity (Wildman–Crippen MR) is 73.0 cm³/mol. The Kier molecular flexibility index (Phi) is 4.07. The number of nitrogens with zero attached hydrogens (tertiary/aromatic N) is 1. The molecule has 0 radical (unpaired) electrons. The van der Waals surface area contributed by atoms with E-state index in [1.165, 1.54) is 0 Å². The van der Waals surface area contributed by atoms with Crippen molar-refractivity contribution >= 4 is 11.7 Å². The Morgan fingerprint density at radius 2 is 2.37 bits per heavy atom. The maximum absolute atomic E-state index is 11.7. The van der Waals surface area contributed by atoms with Gasteiger partial charge < -0.3 is 20.5 Å². The van der Waals surface area contributed by atoms with E-state index in [1.807, 2.05) is 11.0 Å². The first kappa shape index (κ1) is 13.8. The Labute approximate surface area is 113 Å². The van der Waals surface area contributed by atoms with Crippen molar-refractivity contribution < 1.29 is 14.6 Å².